The molecule has 0 spiro atoms. The summed E-state index contributed by atoms with van der Waals surface area (Å²) in [7, 11) is 0. The Morgan fingerprint density at radius 1 is 1.23 bits per heavy atom. The van der Waals surface area contributed by atoms with Crippen molar-refractivity contribution in [1.29, 1.82) is 0 Å². The minimum Gasteiger partial charge on any atom is -0.457 e. The Morgan fingerprint density at radius 3 is 2.64 bits per heavy atom. The van der Waals surface area contributed by atoms with Crippen LogP contribution in [-0.2, 0) is 23.7 Å². The lowest BCUT2D eigenvalue weighted by molar-refractivity contribution is -0.355. The summed E-state index contributed by atoms with van der Waals surface area (Å²) in [4.78, 5) is 11.2. The van der Waals surface area contributed by atoms with Gasteiger partial charge in [-0.1, -0.05) is 30.3 Å². The van der Waals surface area contributed by atoms with Crippen molar-refractivity contribution < 1.29 is 34.0 Å². The molecular weight excluding hydrogens is 292 g/mol. The first-order valence-electron chi connectivity index (χ1n) is 7.07. The van der Waals surface area contributed by atoms with Crippen molar-refractivity contribution in [3.05, 3.63) is 35.9 Å². The fraction of sp³-hybridized carbons (Fsp3) is 0.533. The normalized spacial score (nSPS) is 38.1. The Morgan fingerprint density at radius 2 is 1.95 bits per heavy atom. The van der Waals surface area contributed by atoms with Gasteiger partial charge in [0.2, 0.25) is 0 Å². The standard InChI is InChI=1S/C15H18O7/c1-8(16)20-13-11(17)14(18)21-10-7-19-15(22-12(10)13)9-5-3-2-4-6-9/h2-6,10-15,17-18H,7H2,1H3/t10-,11-,12-,13-,14+,15?/m1/s1. The van der Waals surface area contributed by atoms with Crippen LogP contribution >= 0.6 is 0 Å². The second-order valence-corrected chi connectivity index (χ2v) is 5.31. The minimum absolute atomic E-state index is 0.159. The molecule has 0 aromatic heterocycles. The van der Waals surface area contributed by atoms with E-state index in [9.17, 15) is 15.0 Å². The van der Waals surface area contributed by atoms with Crippen LogP contribution in [0.3, 0.4) is 0 Å². The summed E-state index contributed by atoms with van der Waals surface area (Å²) in [6.07, 6.45) is -5.83. The first-order chi connectivity index (χ1) is 10.6. The molecule has 2 saturated heterocycles. The zero-order valence-electron chi connectivity index (χ0n) is 12.0. The van der Waals surface area contributed by atoms with Gasteiger partial charge in [-0.3, -0.25) is 4.79 Å². The molecule has 0 saturated carbocycles. The van der Waals surface area contributed by atoms with Crippen molar-refractivity contribution in [3.8, 4) is 0 Å². The lowest BCUT2D eigenvalue weighted by Crippen LogP contribution is -2.62. The van der Waals surface area contributed by atoms with E-state index in [2.05, 4.69) is 0 Å². The third-order valence-corrected chi connectivity index (χ3v) is 3.70. The first-order valence-corrected chi connectivity index (χ1v) is 7.07. The number of aliphatic hydroxyl groups is 2. The summed E-state index contributed by atoms with van der Waals surface area (Å²) >= 11 is 0. The van der Waals surface area contributed by atoms with Crippen LogP contribution in [0.2, 0.25) is 0 Å². The molecular formula is C15H18O7. The van der Waals surface area contributed by atoms with Crippen LogP contribution < -0.4 is 0 Å². The SMILES string of the molecule is CC(=O)O[C@@H]1[C@@H](O)[C@@H](O)O[C@@H]2COC(c3ccccc3)O[C@@H]12. The highest BCUT2D eigenvalue weighted by molar-refractivity contribution is 5.66. The average molecular weight is 310 g/mol. The van der Waals surface area contributed by atoms with Crippen molar-refractivity contribution in [3.63, 3.8) is 0 Å². The number of benzene rings is 1. The Labute approximate surface area is 127 Å². The molecule has 22 heavy (non-hydrogen) atoms. The van der Waals surface area contributed by atoms with Crippen molar-refractivity contribution in [1.82, 2.24) is 0 Å². The molecule has 120 valence electrons. The van der Waals surface area contributed by atoms with Crippen molar-refractivity contribution in [2.24, 2.45) is 0 Å². The molecule has 7 nitrogen and oxygen atoms in total. The maximum absolute atomic E-state index is 11.2. The second kappa shape index (κ2) is 6.31. The molecule has 2 heterocycles. The predicted molar refractivity (Wildman–Crippen MR) is 72.4 cm³/mol. The van der Waals surface area contributed by atoms with E-state index < -0.39 is 43.0 Å². The van der Waals surface area contributed by atoms with Crippen LogP contribution in [0.15, 0.2) is 30.3 Å². The summed E-state index contributed by atoms with van der Waals surface area (Å²) < 4.78 is 21.8. The summed E-state index contributed by atoms with van der Waals surface area (Å²) in [6.45, 7) is 1.39. The maximum Gasteiger partial charge on any atom is 0.303 e. The number of hydrogen-bond donors (Lipinski definition) is 2. The molecule has 7 heteroatoms. The van der Waals surface area contributed by atoms with Crippen molar-refractivity contribution in [2.75, 3.05) is 6.61 Å². The highest BCUT2D eigenvalue weighted by atomic mass is 16.7. The van der Waals surface area contributed by atoms with E-state index in [1.807, 2.05) is 30.3 Å². The van der Waals surface area contributed by atoms with Gasteiger partial charge in [-0.2, -0.15) is 0 Å². The molecule has 2 aliphatic rings. The molecule has 2 N–H and O–H groups in total. The fourth-order valence-electron chi connectivity index (χ4n) is 2.68. The smallest absolute Gasteiger partial charge is 0.303 e. The van der Waals surface area contributed by atoms with E-state index >= 15 is 0 Å². The molecule has 1 aromatic carbocycles. The molecule has 0 aliphatic carbocycles. The third kappa shape index (κ3) is 2.99. The molecule has 0 radical (unpaired) electrons. The average Bonchev–Trinajstić information content (AvgIpc) is 2.52. The van der Waals surface area contributed by atoms with Crippen LogP contribution in [0.25, 0.3) is 0 Å². The largest absolute Gasteiger partial charge is 0.457 e. The minimum atomic E-state index is -1.45. The summed E-state index contributed by atoms with van der Waals surface area (Å²) in [5.41, 5.74) is 0.808. The molecule has 2 aliphatic heterocycles. The van der Waals surface area contributed by atoms with Crippen LogP contribution in [0.1, 0.15) is 18.8 Å². The Bertz CT molecular complexity index is 520. The van der Waals surface area contributed by atoms with Gasteiger partial charge in [-0.05, 0) is 0 Å². The monoisotopic (exact) mass is 310 g/mol. The van der Waals surface area contributed by atoms with Gasteiger partial charge in [-0.15, -0.1) is 0 Å². The topological polar surface area (TPSA) is 94.5 Å². The lowest BCUT2D eigenvalue weighted by Gasteiger charge is -2.46. The van der Waals surface area contributed by atoms with Crippen molar-refractivity contribution >= 4 is 5.97 Å². The molecule has 1 aromatic rings. The van der Waals surface area contributed by atoms with Crippen LogP contribution in [0.4, 0.5) is 0 Å². The lowest BCUT2D eigenvalue weighted by atomic mass is 9.97. The van der Waals surface area contributed by atoms with Crippen molar-refractivity contribution in [2.45, 2.75) is 43.9 Å². The van der Waals surface area contributed by atoms with Crippen LogP contribution in [0, 0.1) is 0 Å². The van der Waals surface area contributed by atoms with Gasteiger partial charge in [0.05, 0.1) is 6.61 Å². The van der Waals surface area contributed by atoms with Gasteiger partial charge in [-0.25, -0.2) is 0 Å². The van der Waals surface area contributed by atoms with Gasteiger partial charge in [0, 0.05) is 12.5 Å². The summed E-state index contributed by atoms with van der Waals surface area (Å²) in [5, 5.41) is 19.7. The number of aliphatic hydroxyl groups excluding tert-OH is 2. The molecule has 0 bridgehead atoms. The van der Waals surface area contributed by atoms with Crippen LogP contribution in [0.5, 0.6) is 0 Å². The number of rotatable bonds is 2. The second-order valence-electron chi connectivity index (χ2n) is 5.31. The molecule has 0 amide bonds. The van der Waals surface area contributed by atoms with Crippen LogP contribution in [-0.4, -0.2) is 53.5 Å². The molecule has 1 unspecified atom stereocenters. The maximum atomic E-state index is 11.2. The number of hydrogen-bond acceptors (Lipinski definition) is 7. The zero-order chi connectivity index (χ0) is 15.7. The predicted octanol–water partition coefficient (Wildman–Crippen LogP) is 0.110. The third-order valence-electron chi connectivity index (χ3n) is 3.70. The highest BCUT2D eigenvalue weighted by Crippen LogP contribution is 2.34. The Kier molecular flexibility index (Phi) is 4.42. The molecule has 3 rings (SSSR count). The van der Waals surface area contributed by atoms with E-state index in [0.717, 1.165) is 5.56 Å². The zero-order valence-corrected chi connectivity index (χ0v) is 12.0. The quantitative estimate of drug-likeness (QED) is 0.749. The van der Waals surface area contributed by atoms with E-state index in [-0.39, 0.29) is 6.61 Å². The van der Waals surface area contributed by atoms with E-state index in [4.69, 9.17) is 18.9 Å². The van der Waals surface area contributed by atoms with E-state index in [1.165, 1.54) is 6.92 Å². The molecule has 2 fully saturated rings. The highest BCUT2D eigenvalue weighted by Gasteiger charge is 2.50. The Balaban J connectivity index is 1.80. The first kappa shape index (κ1) is 15.4. The summed E-state index contributed by atoms with van der Waals surface area (Å²) in [5.74, 6) is -0.566. The van der Waals surface area contributed by atoms with Gasteiger partial charge in [0.25, 0.3) is 0 Å². The molecule has 6 atom stereocenters. The number of carbonyl (C=O) groups excluding carboxylic acids is 1. The van der Waals surface area contributed by atoms with Gasteiger partial charge in [0.1, 0.15) is 18.3 Å². The van der Waals surface area contributed by atoms with Gasteiger partial charge < -0.3 is 29.2 Å². The van der Waals surface area contributed by atoms with E-state index in [1.54, 1.807) is 0 Å². The number of esters is 1. The summed E-state index contributed by atoms with van der Waals surface area (Å²) in [6, 6.07) is 9.28. The number of ether oxygens (including phenoxy) is 4. The number of fused-ring (bicyclic) bond motifs is 1. The van der Waals surface area contributed by atoms with E-state index in [0.29, 0.717) is 0 Å². The fourth-order valence-corrected chi connectivity index (χ4v) is 2.68. The van der Waals surface area contributed by atoms with Gasteiger partial charge in [0.15, 0.2) is 18.7 Å². The number of carbonyl (C=O) groups is 1. The Hall–Kier alpha value is -1.51. The van der Waals surface area contributed by atoms with Gasteiger partial charge >= 0.3 is 5.97 Å².